The number of carbonyl (C=O) groups excluding carboxylic acids is 2. The number of amides is 2. The second-order valence-corrected chi connectivity index (χ2v) is 7.73. The van der Waals surface area contributed by atoms with Gasteiger partial charge >= 0.3 is 6.18 Å². The number of hydrogen-bond donors (Lipinski definition) is 2. The van der Waals surface area contributed by atoms with Crippen LogP contribution in [0, 0.1) is 0 Å². The largest absolute Gasteiger partial charge is 0.480 e. The molecule has 1 atom stereocenters. The van der Waals surface area contributed by atoms with Crippen LogP contribution >= 0.6 is 0 Å². The molecule has 1 fully saturated rings. The summed E-state index contributed by atoms with van der Waals surface area (Å²) in [6.07, 6.45) is -2.60. The number of benzene rings is 2. The van der Waals surface area contributed by atoms with Crippen LogP contribution < -0.4 is 15.6 Å². The summed E-state index contributed by atoms with van der Waals surface area (Å²) in [4.78, 5) is 25.5. The van der Waals surface area contributed by atoms with E-state index in [0.717, 1.165) is 30.5 Å². The second-order valence-electron chi connectivity index (χ2n) is 7.73. The van der Waals surface area contributed by atoms with Gasteiger partial charge in [0.15, 0.2) is 6.10 Å². The van der Waals surface area contributed by atoms with Gasteiger partial charge in [0.25, 0.3) is 5.91 Å². The number of fused-ring (bicyclic) bond motifs is 1. The van der Waals surface area contributed by atoms with Gasteiger partial charge in [0.1, 0.15) is 5.75 Å². The molecule has 0 spiro atoms. The van der Waals surface area contributed by atoms with E-state index in [1.807, 2.05) is 12.1 Å². The summed E-state index contributed by atoms with van der Waals surface area (Å²) in [5.74, 6) is -0.389. The van der Waals surface area contributed by atoms with Crippen molar-refractivity contribution in [1.82, 2.24) is 10.9 Å². The van der Waals surface area contributed by atoms with Crippen LogP contribution in [0.3, 0.4) is 0 Å². The van der Waals surface area contributed by atoms with Gasteiger partial charge in [-0.25, -0.2) is 0 Å². The Kier molecular flexibility index (Phi) is 5.17. The molecule has 0 aromatic heterocycles. The molecule has 1 aliphatic carbocycles. The van der Waals surface area contributed by atoms with E-state index < -0.39 is 35.1 Å². The first-order chi connectivity index (χ1) is 14.3. The normalized spacial score (nSPS) is 19.6. The number of halogens is 3. The highest BCUT2D eigenvalue weighted by molar-refractivity contribution is 5.91. The van der Waals surface area contributed by atoms with Gasteiger partial charge < -0.3 is 4.74 Å². The van der Waals surface area contributed by atoms with Crippen LogP contribution in [0.2, 0.25) is 0 Å². The van der Waals surface area contributed by atoms with Crippen LogP contribution in [-0.4, -0.2) is 17.9 Å². The Morgan fingerprint density at radius 1 is 1.00 bits per heavy atom. The lowest BCUT2D eigenvalue weighted by molar-refractivity contribution is -0.138. The number of carbonyl (C=O) groups is 2. The number of rotatable bonds is 3. The fourth-order valence-electron chi connectivity index (χ4n) is 4.27. The summed E-state index contributed by atoms with van der Waals surface area (Å²) in [6, 6.07) is 12.2. The molecule has 2 amide bonds. The summed E-state index contributed by atoms with van der Waals surface area (Å²) >= 11 is 0. The van der Waals surface area contributed by atoms with Crippen molar-refractivity contribution < 1.29 is 27.5 Å². The van der Waals surface area contributed by atoms with Gasteiger partial charge in [0.05, 0.1) is 11.0 Å². The van der Waals surface area contributed by atoms with E-state index in [2.05, 4.69) is 10.9 Å². The predicted octanol–water partition coefficient (Wildman–Crippen LogP) is 3.67. The second kappa shape index (κ2) is 7.66. The number of para-hydroxylation sites is 1. The van der Waals surface area contributed by atoms with Gasteiger partial charge in [-0.3, -0.25) is 20.4 Å². The quantitative estimate of drug-likeness (QED) is 0.748. The topological polar surface area (TPSA) is 67.4 Å². The summed E-state index contributed by atoms with van der Waals surface area (Å²) in [5, 5.41) is 0. The standard InChI is InChI=1S/C22H21F3N2O3/c23-22(24,25)16-8-5-7-15(13-16)21(10-3-4-11-21)20(29)27-26-19(28)18-12-14-6-1-2-9-17(14)30-18/h1-2,5-9,13,18H,3-4,10-12H2,(H,26,28)(H,27,29). The molecular weight excluding hydrogens is 397 g/mol. The lowest BCUT2D eigenvalue weighted by Crippen LogP contribution is -2.53. The maximum atomic E-state index is 13.1. The van der Waals surface area contributed by atoms with E-state index in [1.54, 1.807) is 18.2 Å². The molecule has 2 N–H and O–H groups in total. The van der Waals surface area contributed by atoms with E-state index in [0.29, 0.717) is 30.6 Å². The fraction of sp³-hybridized carbons (Fsp3) is 0.364. The monoisotopic (exact) mass is 418 g/mol. The average molecular weight is 418 g/mol. The Labute approximate surface area is 171 Å². The maximum absolute atomic E-state index is 13.1. The molecule has 30 heavy (non-hydrogen) atoms. The maximum Gasteiger partial charge on any atom is 0.416 e. The van der Waals surface area contributed by atoms with Gasteiger partial charge in [-0.15, -0.1) is 0 Å². The van der Waals surface area contributed by atoms with E-state index in [4.69, 9.17) is 4.74 Å². The first-order valence-corrected chi connectivity index (χ1v) is 9.82. The highest BCUT2D eigenvalue weighted by Gasteiger charge is 2.44. The molecule has 2 aromatic carbocycles. The Morgan fingerprint density at radius 2 is 1.73 bits per heavy atom. The van der Waals surface area contributed by atoms with Crippen molar-refractivity contribution >= 4 is 11.8 Å². The van der Waals surface area contributed by atoms with E-state index in [9.17, 15) is 22.8 Å². The third-order valence-electron chi connectivity index (χ3n) is 5.87. The van der Waals surface area contributed by atoms with Crippen LogP contribution in [0.15, 0.2) is 48.5 Å². The van der Waals surface area contributed by atoms with Crippen molar-refractivity contribution in [1.29, 1.82) is 0 Å². The lowest BCUT2D eigenvalue weighted by atomic mass is 9.77. The number of alkyl halides is 3. The highest BCUT2D eigenvalue weighted by Crippen LogP contribution is 2.43. The van der Waals surface area contributed by atoms with Crippen LogP contribution in [-0.2, 0) is 27.6 Å². The van der Waals surface area contributed by atoms with Crippen molar-refractivity contribution in [3.63, 3.8) is 0 Å². The van der Waals surface area contributed by atoms with Gasteiger partial charge in [-0.1, -0.05) is 49.2 Å². The van der Waals surface area contributed by atoms with Gasteiger partial charge in [0.2, 0.25) is 5.91 Å². The third kappa shape index (κ3) is 3.74. The molecule has 0 radical (unpaired) electrons. The van der Waals surface area contributed by atoms with Crippen molar-refractivity contribution in [2.45, 2.75) is 49.8 Å². The van der Waals surface area contributed by atoms with Crippen molar-refractivity contribution in [3.05, 3.63) is 65.2 Å². The molecule has 158 valence electrons. The summed E-state index contributed by atoms with van der Waals surface area (Å²) < 4.78 is 45.0. The minimum absolute atomic E-state index is 0.311. The number of ether oxygens (including phenoxy) is 1. The summed E-state index contributed by atoms with van der Waals surface area (Å²) in [5.41, 5.74) is 4.14. The Morgan fingerprint density at radius 3 is 2.43 bits per heavy atom. The van der Waals surface area contributed by atoms with Crippen molar-refractivity contribution in [2.75, 3.05) is 0 Å². The number of hydrogen-bond acceptors (Lipinski definition) is 3. The minimum atomic E-state index is -4.49. The molecule has 2 aromatic rings. The number of nitrogens with one attached hydrogen (secondary N) is 2. The molecule has 1 saturated carbocycles. The lowest BCUT2D eigenvalue weighted by Gasteiger charge is -2.29. The van der Waals surface area contributed by atoms with E-state index >= 15 is 0 Å². The van der Waals surface area contributed by atoms with Crippen LogP contribution in [0.4, 0.5) is 13.2 Å². The zero-order valence-corrected chi connectivity index (χ0v) is 16.1. The van der Waals surface area contributed by atoms with Crippen LogP contribution in [0.5, 0.6) is 5.75 Å². The molecular formula is C22H21F3N2O3. The SMILES string of the molecule is O=C(NNC(=O)C1(c2cccc(C(F)(F)F)c2)CCCC1)C1Cc2ccccc2O1. The van der Waals surface area contributed by atoms with E-state index in [1.165, 1.54) is 6.07 Å². The third-order valence-corrected chi connectivity index (χ3v) is 5.87. The molecule has 1 unspecified atom stereocenters. The Balaban J connectivity index is 1.47. The predicted molar refractivity (Wildman–Crippen MR) is 102 cm³/mol. The van der Waals surface area contributed by atoms with Crippen LogP contribution in [0.25, 0.3) is 0 Å². The fourth-order valence-corrected chi connectivity index (χ4v) is 4.27. The molecule has 5 nitrogen and oxygen atoms in total. The van der Waals surface area contributed by atoms with Gasteiger partial charge in [0, 0.05) is 6.42 Å². The summed E-state index contributed by atoms with van der Waals surface area (Å²) in [7, 11) is 0. The van der Waals surface area contributed by atoms with E-state index in [-0.39, 0.29) is 0 Å². The molecule has 1 aliphatic heterocycles. The first-order valence-electron chi connectivity index (χ1n) is 9.82. The molecule has 2 aliphatic rings. The molecule has 1 heterocycles. The molecule has 4 rings (SSSR count). The highest BCUT2D eigenvalue weighted by atomic mass is 19.4. The zero-order chi connectivity index (χ0) is 21.4. The summed E-state index contributed by atoms with van der Waals surface area (Å²) in [6.45, 7) is 0. The van der Waals surface area contributed by atoms with Gasteiger partial charge in [-0.05, 0) is 36.1 Å². The molecule has 0 saturated heterocycles. The average Bonchev–Trinajstić information content (AvgIpc) is 3.39. The van der Waals surface area contributed by atoms with Crippen LogP contribution in [0.1, 0.15) is 42.4 Å². The number of hydrazine groups is 1. The molecule has 8 heteroatoms. The van der Waals surface area contributed by atoms with Crippen molar-refractivity contribution in [2.24, 2.45) is 0 Å². The molecule has 0 bridgehead atoms. The smallest absolute Gasteiger partial charge is 0.416 e. The Bertz CT molecular complexity index is 943. The van der Waals surface area contributed by atoms with Gasteiger partial charge in [-0.2, -0.15) is 13.2 Å². The first kappa shape index (κ1) is 20.3. The Hall–Kier alpha value is -3.03. The zero-order valence-electron chi connectivity index (χ0n) is 16.1. The van der Waals surface area contributed by atoms with Crippen molar-refractivity contribution in [3.8, 4) is 5.75 Å². The minimum Gasteiger partial charge on any atom is -0.480 e.